The van der Waals surface area contributed by atoms with E-state index >= 15 is 0 Å². The van der Waals surface area contributed by atoms with Gasteiger partial charge in [0.1, 0.15) is 5.75 Å². The molecule has 3 heteroatoms. The van der Waals surface area contributed by atoms with Gasteiger partial charge in [-0.3, -0.25) is 4.79 Å². The summed E-state index contributed by atoms with van der Waals surface area (Å²) in [4.78, 5) is 13.4. The molecule has 3 rings (SSSR count). The SMILES string of the molecule is CC(=O)c1cc2c(s1)-c1cccc(O)c1CC2. The number of thiophene rings is 1. The van der Waals surface area contributed by atoms with Crippen LogP contribution in [0.2, 0.25) is 0 Å². The summed E-state index contributed by atoms with van der Waals surface area (Å²) in [5.41, 5.74) is 3.33. The Morgan fingerprint density at radius 1 is 1.35 bits per heavy atom. The molecule has 0 atom stereocenters. The molecular formula is C14H12O2S. The Morgan fingerprint density at radius 2 is 2.18 bits per heavy atom. The lowest BCUT2D eigenvalue weighted by atomic mass is 9.91. The van der Waals surface area contributed by atoms with Crippen LogP contribution in [0.5, 0.6) is 5.75 Å². The molecule has 1 aromatic carbocycles. The monoisotopic (exact) mass is 244 g/mol. The number of aromatic hydroxyl groups is 1. The lowest BCUT2D eigenvalue weighted by molar-refractivity contribution is 0.102. The van der Waals surface area contributed by atoms with Crippen LogP contribution in [0.1, 0.15) is 27.7 Å². The first kappa shape index (κ1) is 10.5. The zero-order valence-corrected chi connectivity index (χ0v) is 10.3. The number of phenolic OH excluding ortho intramolecular Hbond substituents is 1. The minimum atomic E-state index is 0.117. The molecule has 0 aliphatic heterocycles. The van der Waals surface area contributed by atoms with Crippen molar-refractivity contribution in [3.63, 3.8) is 0 Å². The summed E-state index contributed by atoms with van der Waals surface area (Å²) in [6.45, 7) is 1.60. The van der Waals surface area contributed by atoms with Gasteiger partial charge in [0.05, 0.1) is 4.88 Å². The molecule has 1 aliphatic carbocycles. The highest BCUT2D eigenvalue weighted by Gasteiger charge is 2.22. The summed E-state index contributed by atoms with van der Waals surface area (Å²) in [6.07, 6.45) is 1.76. The van der Waals surface area contributed by atoms with Crippen molar-refractivity contribution < 1.29 is 9.90 Å². The fraction of sp³-hybridized carbons (Fsp3) is 0.214. The van der Waals surface area contributed by atoms with Gasteiger partial charge in [-0.15, -0.1) is 11.3 Å². The molecule has 0 radical (unpaired) electrons. The topological polar surface area (TPSA) is 37.3 Å². The molecule has 0 saturated heterocycles. The molecule has 0 spiro atoms. The third-order valence-electron chi connectivity index (χ3n) is 3.20. The van der Waals surface area contributed by atoms with Gasteiger partial charge >= 0.3 is 0 Å². The van der Waals surface area contributed by atoms with Crippen LogP contribution < -0.4 is 0 Å². The highest BCUT2D eigenvalue weighted by atomic mass is 32.1. The third-order valence-corrected chi connectivity index (χ3v) is 4.51. The summed E-state index contributed by atoms with van der Waals surface area (Å²) in [5, 5.41) is 9.84. The van der Waals surface area contributed by atoms with E-state index in [1.165, 1.54) is 16.9 Å². The fourth-order valence-electron chi connectivity index (χ4n) is 2.33. The molecular weight excluding hydrogens is 232 g/mol. The van der Waals surface area contributed by atoms with Crippen LogP contribution in [0.25, 0.3) is 10.4 Å². The summed E-state index contributed by atoms with van der Waals surface area (Å²) < 4.78 is 0. The standard InChI is InChI=1S/C14H12O2S/c1-8(15)13-7-9-5-6-10-11(14(9)17-13)3-2-4-12(10)16/h2-4,7,16H,5-6H2,1H3. The van der Waals surface area contributed by atoms with Crippen molar-refractivity contribution in [1.29, 1.82) is 0 Å². The summed E-state index contributed by atoms with van der Waals surface area (Å²) in [6, 6.07) is 7.60. The van der Waals surface area contributed by atoms with Crippen molar-refractivity contribution in [3.05, 3.63) is 40.3 Å². The number of carbonyl (C=O) groups excluding carboxylic acids is 1. The molecule has 1 N–H and O–H groups in total. The Morgan fingerprint density at radius 3 is 2.94 bits per heavy atom. The van der Waals surface area contributed by atoms with Crippen LogP contribution >= 0.6 is 11.3 Å². The van der Waals surface area contributed by atoms with E-state index in [1.54, 1.807) is 13.0 Å². The zero-order chi connectivity index (χ0) is 12.0. The maximum absolute atomic E-state index is 11.4. The largest absolute Gasteiger partial charge is 0.508 e. The summed E-state index contributed by atoms with van der Waals surface area (Å²) >= 11 is 1.53. The lowest BCUT2D eigenvalue weighted by Gasteiger charge is -2.16. The minimum Gasteiger partial charge on any atom is -0.508 e. The quantitative estimate of drug-likeness (QED) is 0.780. The van der Waals surface area contributed by atoms with E-state index in [1.807, 2.05) is 18.2 Å². The highest BCUT2D eigenvalue weighted by molar-refractivity contribution is 7.17. The van der Waals surface area contributed by atoms with Gasteiger partial charge in [-0.25, -0.2) is 0 Å². The Hall–Kier alpha value is -1.61. The van der Waals surface area contributed by atoms with Gasteiger partial charge in [0, 0.05) is 10.4 Å². The molecule has 0 bridgehead atoms. The average molecular weight is 244 g/mol. The highest BCUT2D eigenvalue weighted by Crippen LogP contribution is 2.42. The van der Waals surface area contributed by atoms with Crippen LogP contribution in [0, 0.1) is 0 Å². The molecule has 0 amide bonds. The first-order chi connectivity index (χ1) is 8.16. The predicted octanol–water partition coefficient (Wildman–Crippen LogP) is 3.42. The van der Waals surface area contributed by atoms with Crippen molar-refractivity contribution in [2.75, 3.05) is 0 Å². The van der Waals surface area contributed by atoms with Gasteiger partial charge in [-0.05, 0) is 43.0 Å². The number of rotatable bonds is 1. The number of phenols is 1. The van der Waals surface area contributed by atoms with Crippen molar-refractivity contribution in [2.24, 2.45) is 0 Å². The number of fused-ring (bicyclic) bond motifs is 3. The number of Topliss-reactive ketones (excluding diaryl/α,β-unsaturated/α-hetero) is 1. The molecule has 86 valence electrons. The van der Waals surface area contributed by atoms with E-state index in [0.717, 1.165) is 33.7 Å². The number of ketones is 1. The van der Waals surface area contributed by atoms with Crippen molar-refractivity contribution >= 4 is 17.1 Å². The average Bonchev–Trinajstić information content (AvgIpc) is 2.73. The number of aryl methyl sites for hydroxylation is 1. The Balaban J connectivity index is 2.22. The first-order valence-electron chi connectivity index (χ1n) is 5.61. The van der Waals surface area contributed by atoms with E-state index < -0.39 is 0 Å². The number of hydrogen-bond donors (Lipinski definition) is 1. The van der Waals surface area contributed by atoms with Crippen LogP contribution in [0.3, 0.4) is 0 Å². The van der Waals surface area contributed by atoms with Crippen LogP contribution in [-0.4, -0.2) is 10.9 Å². The maximum atomic E-state index is 11.4. The second-order valence-corrected chi connectivity index (χ2v) is 5.38. The van der Waals surface area contributed by atoms with Gasteiger partial charge in [-0.2, -0.15) is 0 Å². The molecule has 1 heterocycles. The molecule has 1 aromatic heterocycles. The Kier molecular flexibility index (Phi) is 2.30. The van der Waals surface area contributed by atoms with E-state index in [9.17, 15) is 9.90 Å². The molecule has 0 fully saturated rings. The second-order valence-electron chi connectivity index (χ2n) is 4.32. The summed E-state index contributed by atoms with van der Waals surface area (Å²) in [7, 11) is 0. The van der Waals surface area contributed by atoms with Crippen molar-refractivity contribution in [1.82, 2.24) is 0 Å². The van der Waals surface area contributed by atoms with E-state index in [4.69, 9.17) is 0 Å². The van der Waals surface area contributed by atoms with E-state index in [-0.39, 0.29) is 5.78 Å². The van der Waals surface area contributed by atoms with Crippen molar-refractivity contribution in [2.45, 2.75) is 19.8 Å². The minimum absolute atomic E-state index is 0.117. The van der Waals surface area contributed by atoms with Gasteiger partial charge < -0.3 is 5.11 Å². The third kappa shape index (κ3) is 1.58. The first-order valence-corrected chi connectivity index (χ1v) is 6.43. The van der Waals surface area contributed by atoms with Gasteiger partial charge in [0.15, 0.2) is 5.78 Å². The van der Waals surface area contributed by atoms with Crippen LogP contribution in [0.15, 0.2) is 24.3 Å². The molecule has 1 aliphatic rings. The van der Waals surface area contributed by atoms with E-state index in [2.05, 4.69) is 0 Å². The van der Waals surface area contributed by atoms with Gasteiger partial charge in [0.25, 0.3) is 0 Å². The molecule has 2 nitrogen and oxygen atoms in total. The van der Waals surface area contributed by atoms with Crippen LogP contribution in [0.4, 0.5) is 0 Å². The molecule has 2 aromatic rings. The van der Waals surface area contributed by atoms with Crippen LogP contribution in [-0.2, 0) is 12.8 Å². The smallest absolute Gasteiger partial charge is 0.169 e. The predicted molar refractivity (Wildman–Crippen MR) is 68.8 cm³/mol. The Labute approximate surface area is 104 Å². The number of benzene rings is 1. The molecule has 17 heavy (non-hydrogen) atoms. The van der Waals surface area contributed by atoms with Gasteiger partial charge in [0.2, 0.25) is 0 Å². The number of hydrogen-bond acceptors (Lipinski definition) is 3. The lowest BCUT2D eigenvalue weighted by Crippen LogP contribution is -2.00. The van der Waals surface area contributed by atoms with E-state index in [0.29, 0.717) is 5.75 Å². The maximum Gasteiger partial charge on any atom is 0.169 e. The molecule has 0 saturated carbocycles. The second kappa shape index (κ2) is 3.70. The fourth-order valence-corrected chi connectivity index (χ4v) is 3.48. The summed E-state index contributed by atoms with van der Waals surface area (Å²) in [5.74, 6) is 0.483. The zero-order valence-electron chi connectivity index (χ0n) is 9.49. The van der Waals surface area contributed by atoms with Crippen molar-refractivity contribution in [3.8, 4) is 16.2 Å². The molecule has 0 unspecified atom stereocenters. The normalized spacial score (nSPS) is 13.0. The van der Waals surface area contributed by atoms with Gasteiger partial charge in [-0.1, -0.05) is 12.1 Å². The Bertz CT molecular complexity index is 611. The number of carbonyl (C=O) groups is 1.